The fourth-order valence-corrected chi connectivity index (χ4v) is 6.89. The lowest BCUT2D eigenvalue weighted by Gasteiger charge is -2.67. The van der Waals surface area contributed by atoms with Gasteiger partial charge < -0.3 is 5.32 Å². The zero-order chi connectivity index (χ0) is 14.6. The minimum absolute atomic E-state index is 0.538. The van der Waals surface area contributed by atoms with Crippen LogP contribution in [0.1, 0.15) is 73.1 Å². The third-order valence-corrected chi connectivity index (χ3v) is 6.25. The van der Waals surface area contributed by atoms with Crippen molar-refractivity contribution in [1.82, 2.24) is 5.32 Å². The van der Waals surface area contributed by atoms with Gasteiger partial charge in [-0.15, -0.1) is 0 Å². The van der Waals surface area contributed by atoms with E-state index >= 15 is 0 Å². The molecule has 4 aliphatic carbocycles. The molecule has 0 spiro atoms. The summed E-state index contributed by atoms with van der Waals surface area (Å²) >= 11 is 0. The normalized spacial score (nSPS) is 47.4. The van der Waals surface area contributed by atoms with Gasteiger partial charge in [-0.1, -0.05) is 32.4 Å². The molecule has 1 N–H and O–H groups in total. The van der Waals surface area contributed by atoms with Gasteiger partial charge in [0.2, 0.25) is 0 Å². The summed E-state index contributed by atoms with van der Waals surface area (Å²) in [4.78, 5) is 0. The molecule has 1 heteroatoms. The van der Waals surface area contributed by atoms with Gasteiger partial charge in [-0.25, -0.2) is 0 Å². The van der Waals surface area contributed by atoms with Crippen LogP contribution >= 0.6 is 0 Å². The van der Waals surface area contributed by atoms with Gasteiger partial charge in [-0.3, -0.25) is 0 Å². The Balaban J connectivity index is 1.96. The van der Waals surface area contributed by atoms with Crippen molar-refractivity contribution in [3.8, 4) is 0 Å². The predicted octanol–water partition coefficient (Wildman–Crippen LogP) is 4.93. The fraction of sp³-hybridized carbons (Fsp3) is 0.895. The number of allylic oxidation sites excluding steroid dienone is 1. The Hall–Kier alpha value is -0.300. The Kier molecular flexibility index (Phi) is 3.36. The topological polar surface area (TPSA) is 12.0 Å². The van der Waals surface area contributed by atoms with Gasteiger partial charge in [-0.2, -0.15) is 0 Å². The van der Waals surface area contributed by atoms with E-state index in [0.29, 0.717) is 22.3 Å². The van der Waals surface area contributed by atoms with E-state index in [1.165, 1.54) is 44.1 Å². The average molecular weight is 275 g/mol. The molecular weight excluding hydrogens is 242 g/mol. The van der Waals surface area contributed by atoms with Crippen LogP contribution in [0.2, 0.25) is 0 Å². The van der Waals surface area contributed by atoms with Crippen LogP contribution in [0.4, 0.5) is 0 Å². The van der Waals surface area contributed by atoms with Crippen molar-refractivity contribution >= 4 is 0 Å². The largest absolute Gasteiger partial charge is 0.310 e. The third-order valence-electron chi connectivity index (χ3n) is 6.25. The van der Waals surface area contributed by atoms with E-state index in [2.05, 4.69) is 46.0 Å². The lowest BCUT2D eigenvalue weighted by atomic mass is 9.39. The molecule has 0 amide bonds. The summed E-state index contributed by atoms with van der Waals surface area (Å²) in [7, 11) is 0. The van der Waals surface area contributed by atoms with E-state index < -0.39 is 0 Å². The second-order valence-corrected chi connectivity index (χ2v) is 9.27. The maximum absolute atomic E-state index is 3.83. The zero-order valence-electron chi connectivity index (χ0n) is 14.2. The van der Waals surface area contributed by atoms with E-state index in [1.807, 2.05) is 0 Å². The van der Waals surface area contributed by atoms with Crippen molar-refractivity contribution in [3.63, 3.8) is 0 Å². The molecule has 0 radical (unpaired) electrons. The summed E-state index contributed by atoms with van der Waals surface area (Å²) in [5.41, 5.74) is 3.26. The maximum atomic E-state index is 3.83. The summed E-state index contributed by atoms with van der Waals surface area (Å²) in [5, 5.41) is 3.83. The van der Waals surface area contributed by atoms with Crippen LogP contribution in [0.5, 0.6) is 0 Å². The molecule has 1 nitrogen and oxygen atoms in total. The van der Waals surface area contributed by atoms with Crippen LogP contribution in [0, 0.1) is 22.2 Å². The minimum Gasteiger partial charge on any atom is -0.310 e. The first-order valence-corrected chi connectivity index (χ1v) is 8.67. The van der Waals surface area contributed by atoms with Crippen molar-refractivity contribution in [2.24, 2.45) is 22.2 Å². The molecule has 4 saturated carbocycles. The number of rotatable bonds is 4. The van der Waals surface area contributed by atoms with E-state index in [1.54, 1.807) is 0 Å². The standard InChI is InChI=1S/C19H33N/c1-6-20-16(7-14(2)3)19-10-15-8-17(4,12-19)11-18(5,9-15)13-19/h7,15-16,20H,6,8-13H2,1-5H3. The Morgan fingerprint density at radius 1 is 1.10 bits per heavy atom. The number of nitrogens with one attached hydrogen (secondary N) is 1. The molecule has 4 fully saturated rings. The van der Waals surface area contributed by atoms with Gasteiger partial charge in [0.1, 0.15) is 0 Å². The van der Waals surface area contributed by atoms with E-state index in [-0.39, 0.29) is 0 Å². The molecular formula is C19H33N. The number of likely N-dealkylation sites (N-methyl/N-ethyl adjacent to an activating group) is 1. The minimum atomic E-state index is 0.538. The summed E-state index contributed by atoms with van der Waals surface area (Å²) in [6, 6.07) is 0.597. The Bertz CT molecular complexity index is 399. The third kappa shape index (κ3) is 2.36. The predicted molar refractivity (Wildman–Crippen MR) is 86.7 cm³/mol. The Morgan fingerprint density at radius 3 is 2.15 bits per heavy atom. The van der Waals surface area contributed by atoms with Crippen molar-refractivity contribution in [2.45, 2.75) is 79.2 Å². The SMILES string of the molecule is CCNC(C=C(C)C)C12CC3CC(C)(CC(C)(C3)C1)C2. The zero-order valence-corrected chi connectivity index (χ0v) is 14.2. The van der Waals surface area contributed by atoms with Gasteiger partial charge in [0, 0.05) is 6.04 Å². The van der Waals surface area contributed by atoms with Gasteiger partial charge in [-0.05, 0) is 81.1 Å². The first-order chi connectivity index (χ1) is 9.28. The maximum Gasteiger partial charge on any atom is 0.0309 e. The molecule has 0 aromatic rings. The van der Waals surface area contributed by atoms with Crippen LogP contribution < -0.4 is 5.32 Å². The highest BCUT2D eigenvalue weighted by molar-refractivity contribution is 5.18. The second-order valence-electron chi connectivity index (χ2n) is 9.27. The highest BCUT2D eigenvalue weighted by Crippen LogP contribution is 2.70. The highest BCUT2D eigenvalue weighted by atomic mass is 14.9. The average Bonchev–Trinajstić information content (AvgIpc) is 2.22. The molecule has 0 aromatic carbocycles. The summed E-state index contributed by atoms with van der Waals surface area (Å²) in [6.07, 6.45) is 11.4. The molecule has 4 bridgehead atoms. The van der Waals surface area contributed by atoms with Gasteiger partial charge >= 0.3 is 0 Å². The van der Waals surface area contributed by atoms with E-state index in [4.69, 9.17) is 0 Å². The molecule has 4 aliphatic rings. The highest BCUT2D eigenvalue weighted by Gasteiger charge is 2.61. The molecule has 0 aliphatic heterocycles. The van der Waals surface area contributed by atoms with Gasteiger partial charge in [0.25, 0.3) is 0 Å². The quantitative estimate of drug-likeness (QED) is 0.718. The summed E-state index contributed by atoms with van der Waals surface area (Å²) in [5.74, 6) is 0.993. The molecule has 114 valence electrons. The molecule has 0 aromatic heterocycles. The second kappa shape index (κ2) is 4.60. The molecule has 0 heterocycles. The lowest BCUT2D eigenvalue weighted by Crippen LogP contribution is -2.61. The molecule has 4 rings (SSSR count). The van der Waals surface area contributed by atoms with Crippen LogP contribution in [0.3, 0.4) is 0 Å². The van der Waals surface area contributed by atoms with Crippen molar-refractivity contribution in [2.75, 3.05) is 6.54 Å². The Labute approximate surface area is 125 Å². The fourth-order valence-electron chi connectivity index (χ4n) is 6.89. The molecule has 3 atom stereocenters. The van der Waals surface area contributed by atoms with Crippen molar-refractivity contribution < 1.29 is 0 Å². The monoisotopic (exact) mass is 275 g/mol. The lowest BCUT2D eigenvalue weighted by molar-refractivity contribution is -0.152. The number of hydrogen-bond donors (Lipinski definition) is 1. The smallest absolute Gasteiger partial charge is 0.0309 e. The van der Waals surface area contributed by atoms with Crippen LogP contribution in [-0.2, 0) is 0 Å². The van der Waals surface area contributed by atoms with Crippen LogP contribution in [-0.4, -0.2) is 12.6 Å². The van der Waals surface area contributed by atoms with Crippen LogP contribution in [0.15, 0.2) is 11.6 Å². The van der Waals surface area contributed by atoms with E-state index in [9.17, 15) is 0 Å². The molecule has 0 saturated heterocycles. The number of hydrogen-bond acceptors (Lipinski definition) is 1. The van der Waals surface area contributed by atoms with E-state index in [0.717, 1.165) is 12.5 Å². The summed E-state index contributed by atoms with van der Waals surface area (Å²) in [6.45, 7) is 13.0. The Morgan fingerprint density at radius 2 is 1.70 bits per heavy atom. The van der Waals surface area contributed by atoms with Crippen LogP contribution in [0.25, 0.3) is 0 Å². The van der Waals surface area contributed by atoms with Gasteiger partial charge in [0.05, 0.1) is 0 Å². The summed E-state index contributed by atoms with van der Waals surface area (Å²) < 4.78 is 0. The first kappa shape index (κ1) is 14.6. The first-order valence-electron chi connectivity index (χ1n) is 8.67. The molecule has 20 heavy (non-hydrogen) atoms. The van der Waals surface area contributed by atoms with Gasteiger partial charge in [0.15, 0.2) is 0 Å². The molecule has 3 unspecified atom stereocenters. The van der Waals surface area contributed by atoms with Crippen molar-refractivity contribution in [3.05, 3.63) is 11.6 Å². The van der Waals surface area contributed by atoms with Crippen molar-refractivity contribution in [1.29, 1.82) is 0 Å².